The summed E-state index contributed by atoms with van der Waals surface area (Å²) in [6.07, 6.45) is 1.69. The Balaban J connectivity index is 1.42. The van der Waals surface area contributed by atoms with Crippen LogP contribution in [-0.2, 0) is 17.9 Å². The van der Waals surface area contributed by atoms with Gasteiger partial charge in [-0.15, -0.1) is 0 Å². The van der Waals surface area contributed by atoms with Crippen molar-refractivity contribution >= 4 is 0 Å². The Hall–Kier alpha value is -3.32. The van der Waals surface area contributed by atoms with E-state index in [-0.39, 0.29) is 6.10 Å². The van der Waals surface area contributed by atoms with Gasteiger partial charge in [0.2, 0.25) is 5.82 Å². The van der Waals surface area contributed by atoms with E-state index in [4.69, 9.17) is 9.26 Å². The summed E-state index contributed by atoms with van der Waals surface area (Å²) in [6, 6.07) is 17.7. The maximum atomic E-state index is 5.98. The summed E-state index contributed by atoms with van der Waals surface area (Å²) >= 11 is 0. The molecule has 1 aliphatic heterocycles. The molecule has 0 saturated carbocycles. The molecule has 0 radical (unpaired) electrons. The molecule has 1 aliphatic rings. The number of pyridine rings is 1. The number of hydrogen-bond acceptors (Lipinski definition) is 6. The van der Waals surface area contributed by atoms with Crippen LogP contribution in [0, 0.1) is 0 Å². The fourth-order valence-electron chi connectivity index (χ4n) is 3.03. The first kappa shape index (κ1) is 15.0. The largest absolute Gasteiger partial charge is 0.365 e. The maximum absolute atomic E-state index is 5.98. The lowest BCUT2D eigenvalue weighted by Crippen LogP contribution is -2.21. The van der Waals surface area contributed by atoms with Crippen molar-refractivity contribution in [2.75, 3.05) is 0 Å². The highest BCUT2D eigenvalue weighted by Gasteiger charge is 2.24. The average Bonchev–Trinajstić information content (AvgIpc) is 3.36. The van der Waals surface area contributed by atoms with Gasteiger partial charge in [0.1, 0.15) is 11.8 Å². The van der Waals surface area contributed by atoms with Crippen LogP contribution in [0.2, 0.25) is 0 Å². The smallest absolute Gasteiger partial charge is 0.278 e. The number of rotatable bonds is 3. The maximum Gasteiger partial charge on any atom is 0.278 e. The van der Waals surface area contributed by atoms with Crippen LogP contribution >= 0.6 is 0 Å². The average molecular weight is 345 g/mol. The van der Waals surface area contributed by atoms with Crippen LogP contribution in [-0.4, -0.2) is 24.9 Å². The molecule has 26 heavy (non-hydrogen) atoms. The Morgan fingerprint density at radius 2 is 1.88 bits per heavy atom. The van der Waals surface area contributed by atoms with Crippen molar-refractivity contribution in [1.82, 2.24) is 24.9 Å². The minimum absolute atomic E-state index is 0.0109. The fourth-order valence-corrected chi connectivity index (χ4v) is 3.03. The zero-order valence-electron chi connectivity index (χ0n) is 13.8. The van der Waals surface area contributed by atoms with Gasteiger partial charge >= 0.3 is 0 Å². The summed E-state index contributed by atoms with van der Waals surface area (Å²) < 4.78 is 13.3. The van der Waals surface area contributed by atoms with Crippen LogP contribution in [0.3, 0.4) is 0 Å². The lowest BCUT2D eigenvalue weighted by Gasteiger charge is -2.24. The van der Waals surface area contributed by atoms with Gasteiger partial charge in [-0.2, -0.15) is 10.1 Å². The zero-order valence-corrected chi connectivity index (χ0v) is 13.8. The molecule has 5 rings (SSSR count). The second-order valence-electron chi connectivity index (χ2n) is 6.05. The molecule has 3 aromatic heterocycles. The van der Waals surface area contributed by atoms with Gasteiger partial charge in [-0.05, 0) is 23.8 Å². The second-order valence-corrected chi connectivity index (χ2v) is 6.05. The van der Waals surface area contributed by atoms with Crippen LogP contribution in [0.5, 0.6) is 0 Å². The Bertz CT molecular complexity index is 1030. The Kier molecular flexibility index (Phi) is 3.57. The van der Waals surface area contributed by atoms with Crippen molar-refractivity contribution in [1.29, 1.82) is 0 Å². The lowest BCUT2D eigenvalue weighted by molar-refractivity contribution is -0.00113. The molecule has 1 atom stereocenters. The minimum atomic E-state index is -0.0109. The van der Waals surface area contributed by atoms with E-state index in [2.05, 4.69) is 32.4 Å². The highest BCUT2D eigenvalue weighted by molar-refractivity contribution is 5.54. The summed E-state index contributed by atoms with van der Waals surface area (Å²) in [5, 5.41) is 8.63. The molecule has 0 fully saturated rings. The fraction of sp³-hybridized carbons (Fsp3) is 0.158. The van der Waals surface area contributed by atoms with Crippen molar-refractivity contribution in [3.05, 3.63) is 72.1 Å². The van der Waals surface area contributed by atoms with Gasteiger partial charge in [0.25, 0.3) is 5.89 Å². The SMILES string of the molecule is c1ccc(C2Cn3nc(-c4nc(-c5ccccn5)no4)cc3CO2)cc1. The highest BCUT2D eigenvalue weighted by Crippen LogP contribution is 2.29. The predicted molar refractivity (Wildman–Crippen MR) is 92.7 cm³/mol. The third-order valence-electron chi connectivity index (χ3n) is 4.34. The van der Waals surface area contributed by atoms with E-state index < -0.39 is 0 Å². The quantitative estimate of drug-likeness (QED) is 0.567. The topological polar surface area (TPSA) is 78.9 Å². The number of benzene rings is 1. The van der Waals surface area contributed by atoms with Crippen molar-refractivity contribution in [3.63, 3.8) is 0 Å². The third kappa shape index (κ3) is 2.68. The van der Waals surface area contributed by atoms with Gasteiger partial charge in [0.05, 0.1) is 18.8 Å². The number of hydrogen-bond donors (Lipinski definition) is 0. The Morgan fingerprint density at radius 3 is 2.73 bits per heavy atom. The molecule has 4 heterocycles. The Labute approximate surface area is 149 Å². The van der Waals surface area contributed by atoms with Crippen LogP contribution in [0.4, 0.5) is 0 Å². The van der Waals surface area contributed by atoms with Gasteiger partial charge in [0.15, 0.2) is 5.69 Å². The molecule has 7 nitrogen and oxygen atoms in total. The van der Waals surface area contributed by atoms with Crippen LogP contribution in [0.1, 0.15) is 17.4 Å². The first-order valence-corrected chi connectivity index (χ1v) is 8.35. The van der Waals surface area contributed by atoms with E-state index in [9.17, 15) is 0 Å². The zero-order chi connectivity index (χ0) is 17.3. The monoisotopic (exact) mass is 345 g/mol. The van der Waals surface area contributed by atoms with Crippen LogP contribution < -0.4 is 0 Å². The molecule has 1 aromatic carbocycles. The Morgan fingerprint density at radius 1 is 1.00 bits per heavy atom. The molecule has 0 N–H and O–H groups in total. The molecule has 1 unspecified atom stereocenters. The summed E-state index contributed by atoms with van der Waals surface area (Å²) in [7, 11) is 0. The molecule has 0 aliphatic carbocycles. The van der Waals surface area contributed by atoms with Crippen LogP contribution in [0.15, 0.2) is 65.3 Å². The number of aromatic nitrogens is 5. The van der Waals surface area contributed by atoms with Gasteiger partial charge in [-0.25, -0.2) is 0 Å². The van der Waals surface area contributed by atoms with Gasteiger partial charge < -0.3 is 9.26 Å². The minimum Gasteiger partial charge on any atom is -0.365 e. The van der Waals surface area contributed by atoms with Gasteiger partial charge in [-0.1, -0.05) is 41.6 Å². The van der Waals surface area contributed by atoms with Gasteiger partial charge in [-0.3, -0.25) is 9.67 Å². The second kappa shape index (κ2) is 6.20. The summed E-state index contributed by atoms with van der Waals surface area (Å²) in [4.78, 5) is 8.65. The molecule has 0 bridgehead atoms. The van der Waals surface area contributed by atoms with Crippen molar-refractivity contribution in [3.8, 4) is 23.1 Å². The van der Waals surface area contributed by atoms with E-state index in [1.54, 1.807) is 6.20 Å². The number of ether oxygens (including phenoxy) is 1. The summed E-state index contributed by atoms with van der Waals surface area (Å²) in [5.41, 5.74) is 3.45. The molecule has 128 valence electrons. The van der Waals surface area contributed by atoms with E-state index >= 15 is 0 Å². The summed E-state index contributed by atoms with van der Waals surface area (Å²) in [6.45, 7) is 1.15. The normalized spacial score (nSPS) is 16.4. The molecule has 7 heteroatoms. The van der Waals surface area contributed by atoms with Crippen molar-refractivity contribution in [2.24, 2.45) is 0 Å². The number of fused-ring (bicyclic) bond motifs is 1. The first-order valence-electron chi connectivity index (χ1n) is 8.35. The molecule has 0 saturated heterocycles. The van der Waals surface area contributed by atoms with Gasteiger partial charge in [0, 0.05) is 6.20 Å². The highest BCUT2D eigenvalue weighted by atomic mass is 16.5. The molecule has 4 aromatic rings. The predicted octanol–water partition coefficient (Wildman–Crippen LogP) is 3.27. The molecular formula is C19H15N5O2. The van der Waals surface area contributed by atoms with E-state index in [1.807, 2.05) is 47.1 Å². The molecule has 0 spiro atoms. The summed E-state index contributed by atoms with van der Waals surface area (Å²) in [5.74, 6) is 0.828. The van der Waals surface area contributed by atoms with E-state index in [0.29, 0.717) is 36.3 Å². The standard InChI is InChI=1S/C19H15N5O2/c1-2-6-13(7-3-1)17-11-24-14(12-25-17)10-16(22-24)19-21-18(23-26-19)15-8-4-5-9-20-15/h1-10,17H,11-12H2. The van der Waals surface area contributed by atoms with E-state index in [1.165, 1.54) is 0 Å². The van der Waals surface area contributed by atoms with E-state index in [0.717, 1.165) is 11.3 Å². The lowest BCUT2D eigenvalue weighted by atomic mass is 10.1. The van der Waals surface area contributed by atoms with Crippen molar-refractivity contribution in [2.45, 2.75) is 19.3 Å². The number of nitrogens with zero attached hydrogens (tertiary/aromatic N) is 5. The molecule has 0 amide bonds. The first-order chi connectivity index (χ1) is 12.9. The van der Waals surface area contributed by atoms with Crippen molar-refractivity contribution < 1.29 is 9.26 Å². The molecular weight excluding hydrogens is 330 g/mol. The third-order valence-corrected chi connectivity index (χ3v) is 4.34. The van der Waals surface area contributed by atoms with Crippen LogP contribution in [0.25, 0.3) is 23.1 Å².